The molecule has 0 spiro atoms. The first-order valence-electron chi connectivity index (χ1n) is 21.0. The highest BCUT2D eigenvalue weighted by atomic mass is 16.7. The van der Waals surface area contributed by atoms with Crippen molar-refractivity contribution < 1.29 is 59.4 Å². The van der Waals surface area contributed by atoms with E-state index in [1.165, 1.54) is 0 Å². The van der Waals surface area contributed by atoms with Crippen molar-refractivity contribution in [3.63, 3.8) is 0 Å². The molecule has 1 unspecified atom stereocenters. The Hall–Kier alpha value is -0.480. The van der Waals surface area contributed by atoms with Crippen LogP contribution in [0.5, 0.6) is 0 Å². The average Bonchev–Trinajstić information content (AvgIpc) is 3.68. The van der Waals surface area contributed by atoms with E-state index in [2.05, 4.69) is 41.5 Å². The summed E-state index contributed by atoms with van der Waals surface area (Å²) in [4.78, 5) is 0. The van der Waals surface area contributed by atoms with Crippen LogP contribution in [-0.4, -0.2) is 127 Å². The lowest BCUT2D eigenvalue weighted by molar-refractivity contribution is -0.338. The zero-order chi connectivity index (χ0) is 39.7. The summed E-state index contributed by atoms with van der Waals surface area (Å²) in [5.41, 5.74) is -2.09. The van der Waals surface area contributed by atoms with Crippen molar-refractivity contribution in [3.05, 3.63) is 0 Å². The van der Waals surface area contributed by atoms with Gasteiger partial charge in [0, 0.05) is 0 Å². The lowest BCUT2D eigenvalue weighted by atomic mass is 9.35. The van der Waals surface area contributed by atoms with Gasteiger partial charge in [-0.25, -0.2) is 0 Å². The Balaban J connectivity index is 1.22. The number of fused-ring (bicyclic) bond motifs is 5. The van der Waals surface area contributed by atoms with Crippen LogP contribution in [0, 0.1) is 45.3 Å². The third-order valence-corrected chi connectivity index (χ3v) is 17.4. The van der Waals surface area contributed by atoms with Crippen LogP contribution < -0.4 is 0 Å². The monoisotopic (exact) mass is 769 g/mol. The first-order chi connectivity index (χ1) is 24.9. The van der Waals surface area contributed by atoms with Gasteiger partial charge in [0.1, 0.15) is 36.6 Å². The van der Waals surface area contributed by atoms with Gasteiger partial charge in [0.25, 0.3) is 0 Å². The van der Waals surface area contributed by atoms with E-state index in [-0.39, 0.29) is 63.6 Å². The first kappa shape index (κ1) is 41.7. The Morgan fingerprint density at radius 2 is 1.17 bits per heavy atom. The number of rotatable bonds is 6. The molecule has 12 heteroatoms. The Bertz CT molecular complexity index is 1370. The van der Waals surface area contributed by atoms with Crippen molar-refractivity contribution in [1.29, 1.82) is 0 Å². The summed E-state index contributed by atoms with van der Waals surface area (Å²) in [7, 11) is 0. The van der Waals surface area contributed by atoms with Crippen molar-refractivity contribution in [1.82, 2.24) is 0 Å². The molecule has 7 fully saturated rings. The molecule has 312 valence electrons. The molecule has 0 aromatic heterocycles. The summed E-state index contributed by atoms with van der Waals surface area (Å²) in [6, 6.07) is 0. The zero-order valence-electron chi connectivity index (χ0n) is 34.4. The molecule has 3 heterocycles. The van der Waals surface area contributed by atoms with E-state index in [9.17, 15) is 35.7 Å². The summed E-state index contributed by atoms with van der Waals surface area (Å²) < 4.78 is 32.5. The van der Waals surface area contributed by atoms with Crippen LogP contribution in [0.4, 0.5) is 0 Å². The second-order valence-corrected chi connectivity index (χ2v) is 21.0. The quantitative estimate of drug-likeness (QED) is 0.196. The van der Waals surface area contributed by atoms with Crippen LogP contribution in [0.3, 0.4) is 0 Å². The Morgan fingerprint density at radius 3 is 1.72 bits per heavy atom. The number of hydrogen-bond donors (Lipinski definition) is 7. The highest BCUT2D eigenvalue weighted by Gasteiger charge is 2.73. The smallest absolute Gasteiger partial charge is 0.186 e. The molecule has 4 saturated carbocycles. The maximum Gasteiger partial charge on any atom is 0.186 e. The summed E-state index contributed by atoms with van der Waals surface area (Å²) >= 11 is 0. The summed E-state index contributed by atoms with van der Waals surface area (Å²) in [6.45, 7) is 21.2. The molecule has 7 N–H and O–H groups in total. The Morgan fingerprint density at radius 1 is 0.611 bits per heavy atom. The van der Waals surface area contributed by atoms with E-state index in [1.54, 1.807) is 13.8 Å². The number of ether oxygens (including phenoxy) is 5. The Labute approximate surface area is 322 Å². The molecule has 3 aliphatic heterocycles. The third-order valence-electron chi connectivity index (χ3n) is 17.4. The van der Waals surface area contributed by atoms with E-state index in [0.29, 0.717) is 0 Å². The van der Waals surface area contributed by atoms with Crippen molar-refractivity contribution in [2.24, 2.45) is 45.3 Å². The standard InChI is InChI=1S/C42H72O12/c1-20-29(43)31(45)33(47)35(50-20)52-23-19-25-39(7)15-13-26(53-36-34(48)32(46)30(44)21(2)51-36)37(3,4)24(39)12-17-40(25,8)41(9)16-11-22(28(23)41)42(10)18-14-27(54-42)38(5,6)49/h20-36,43-49H,11-19H2,1-10H3/t20-,21-,22+,23-,24+,25?,26+,27-,28+,29-,30-,31+,32+,33-,34-,35+,36+,39+,40-,41-,42+/m1/s1. The molecule has 54 heavy (non-hydrogen) atoms. The van der Waals surface area contributed by atoms with Gasteiger partial charge < -0.3 is 59.4 Å². The normalized spacial score (nSPS) is 57.6. The third kappa shape index (κ3) is 6.21. The lowest BCUT2D eigenvalue weighted by Gasteiger charge is -2.71. The molecule has 4 aliphatic carbocycles. The highest BCUT2D eigenvalue weighted by molar-refractivity contribution is 5.21. The molecule has 3 saturated heterocycles. The molecule has 0 aromatic rings. The van der Waals surface area contributed by atoms with Crippen molar-refractivity contribution in [2.45, 2.75) is 218 Å². The molecule has 12 nitrogen and oxygen atoms in total. The number of hydrogen-bond acceptors (Lipinski definition) is 12. The van der Waals surface area contributed by atoms with Gasteiger partial charge in [0.05, 0.1) is 41.7 Å². The van der Waals surface area contributed by atoms with Crippen molar-refractivity contribution >= 4 is 0 Å². The highest BCUT2D eigenvalue weighted by Crippen LogP contribution is 2.76. The second-order valence-electron chi connectivity index (χ2n) is 21.0. The maximum atomic E-state index is 11.2. The van der Waals surface area contributed by atoms with Gasteiger partial charge in [0.15, 0.2) is 12.6 Å². The summed E-state index contributed by atoms with van der Waals surface area (Å²) in [5, 5.41) is 75.3. The molecule has 0 radical (unpaired) electrons. The van der Waals surface area contributed by atoms with Crippen LogP contribution in [-0.2, 0) is 23.7 Å². The largest absolute Gasteiger partial charge is 0.388 e. The van der Waals surface area contributed by atoms with E-state index in [0.717, 1.165) is 57.8 Å². The molecule has 7 rings (SSSR count). The van der Waals surface area contributed by atoms with Gasteiger partial charge in [-0.3, -0.25) is 0 Å². The van der Waals surface area contributed by atoms with E-state index in [4.69, 9.17) is 23.7 Å². The average molecular weight is 769 g/mol. The molecule has 21 atom stereocenters. The molecular weight excluding hydrogens is 696 g/mol. The van der Waals surface area contributed by atoms with Crippen LogP contribution >= 0.6 is 0 Å². The zero-order valence-corrected chi connectivity index (χ0v) is 34.4. The van der Waals surface area contributed by atoms with E-state index < -0.39 is 72.6 Å². The minimum atomic E-state index is -1.41. The van der Waals surface area contributed by atoms with Crippen molar-refractivity contribution in [3.8, 4) is 0 Å². The number of aliphatic hydroxyl groups is 7. The van der Waals surface area contributed by atoms with Gasteiger partial charge in [-0.05, 0) is 138 Å². The molecule has 0 bridgehead atoms. The topological polar surface area (TPSA) is 188 Å². The van der Waals surface area contributed by atoms with Gasteiger partial charge in [-0.2, -0.15) is 0 Å². The predicted molar refractivity (Wildman–Crippen MR) is 198 cm³/mol. The van der Waals surface area contributed by atoms with E-state index >= 15 is 0 Å². The van der Waals surface area contributed by atoms with E-state index in [1.807, 2.05) is 13.8 Å². The predicted octanol–water partition coefficient (Wildman–Crippen LogP) is 3.42. The van der Waals surface area contributed by atoms with Crippen LogP contribution in [0.15, 0.2) is 0 Å². The van der Waals surface area contributed by atoms with Gasteiger partial charge in [-0.1, -0.05) is 34.6 Å². The van der Waals surface area contributed by atoms with Crippen LogP contribution in [0.1, 0.15) is 127 Å². The summed E-state index contributed by atoms with van der Waals surface area (Å²) in [6.07, 6.45) is -4.41. The van der Waals surface area contributed by atoms with Gasteiger partial charge in [0.2, 0.25) is 0 Å². The minimum absolute atomic E-state index is 0.0562. The fourth-order valence-corrected chi connectivity index (χ4v) is 14.0. The minimum Gasteiger partial charge on any atom is -0.388 e. The second kappa shape index (κ2) is 13.8. The van der Waals surface area contributed by atoms with Gasteiger partial charge in [-0.15, -0.1) is 0 Å². The van der Waals surface area contributed by atoms with Crippen LogP contribution in [0.2, 0.25) is 0 Å². The molecule has 0 amide bonds. The molecule has 0 aromatic carbocycles. The Kier molecular flexibility index (Phi) is 10.6. The lowest BCUT2D eigenvalue weighted by Crippen LogP contribution is -2.68. The number of aliphatic hydroxyl groups excluding tert-OH is 6. The molecule has 7 aliphatic rings. The SMILES string of the molecule is C[C@H]1O[C@@H](O[C@H]2CC[C@]3(C)C4C[C@@H](O[C@@H]5O[C@H](C)[C@@H](O)[C@H](O)[C@H]5O)[C@@H]5[C@@H]([C@]6(C)CC[C@H](C(C)(C)O)O6)CC[C@@]5(C)[C@]4(C)CC[C@H]3C2(C)C)[C@H](O)[C@@H](O)[C@@H]1O. The molecular formula is C42H72O12. The fourth-order valence-electron chi connectivity index (χ4n) is 14.0. The maximum absolute atomic E-state index is 11.2. The van der Waals surface area contributed by atoms with Crippen molar-refractivity contribution in [2.75, 3.05) is 0 Å². The fraction of sp³-hybridized carbons (Fsp3) is 1.00. The van der Waals surface area contributed by atoms with Gasteiger partial charge >= 0.3 is 0 Å². The first-order valence-corrected chi connectivity index (χ1v) is 21.0. The van der Waals surface area contributed by atoms with Crippen LogP contribution in [0.25, 0.3) is 0 Å². The summed E-state index contributed by atoms with van der Waals surface area (Å²) in [5.74, 6) is 0.680.